The number of hydrogen-bond acceptors (Lipinski definition) is 8. The highest BCUT2D eigenvalue weighted by atomic mass is 32.2. The molecule has 0 aliphatic rings. The van der Waals surface area contributed by atoms with Gasteiger partial charge in [0, 0.05) is 21.7 Å². The van der Waals surface area contributed by atoms with Gasteiger partial charge in [0.1, 0.15) is 29.2 Å². The Hall–Kier alpha value is -4.36. The molecule has 1 heterocycles. The van der Waals surface area contributed by atoms with Crippen LogP contribution >= 0.6 is 11.8 Å². The van der Waals surface area contributed by atoms with Crippen LogP contribution in [0.1, 0.15) is 34.7 Å². The minimum absolute atomic E-state index is 0.165. The third-order valence-corrected chi connectivity index (χ3v) is 6.71. The quantitative estimate of drug-likeness (QED) is 0.145. The summed E-state index contributed by atoms with van der Waals surface area (Å²) >= 11 is 1.25. The van der Waals surface area contributed by atoms with Crippen molar-refractivity contribution >= 4 is 11.8 Å². The summed E-state index contributed by atoms with van der Waals surface area (Å²) < 4.78 is 13.5. The van der Waals surface area contributed by atoms with E-state index in [9.17, 15) is 15.4 Å². The summed E-state index contributed by atoms with van der Waals surface area (Å²) in [6.07, 6.45) is 0. The average molecular weight is 516 g/mol. The van der Waals surface area contributed by atoms with Crippen molar-refractivity contribution in [2.24, 2.45) is 0 Å². The third kappa shape index (κ3) is 6.26. The third-order valence-electron chi connectivity index (χ3n) is 5.55. The van der Waals surface area contributed by atoms with Crippen LogP contribution in [0.2, 0.25) is 0 Å². The summed E-state index contributed by atoms with van der Waals surface area (Å²) in [6, 6.07) is 24.1. The number of thioether (sulfide) groups is 1. The van der Waals surface area contributed by atoms with Crippen molar-refractivity contribution in [3.8, 4) is 23.3 Å². The smallest absolute Gasteiger partial charge is 0.220 e. The summed E-state index contributed by atoms with van der Waals surface area (Å²) in [4.78, 5) is 11.3. The summed E-state index contributed by atoms with van der Waals surface area (Å²) in [5.41, 5.74) is 2.75. The highest BCUT2D eigenvalue weighted by Crippen LogP contribution is 2.40. The maximum absolute atomic E-state index is 11.7. The lowest BCUT2D eigenvalue weighted by Gasteiger charge is -2.18. The molecule has 1 atom stereocenters. The number of aryl methyl sites for hydroxylation is 1. The number of benzene rings is 3. The lowest BCUT2D eigenvalue weighted by molar-refractivity contribution is -0.479. The molecule has 0 spiro atoms. The van der Waals surface area contributed by atoms with Crippen LogP contribution in [-0.4, -0.2) is 32.8 Å². The molecule has 0 bridgehead atoms. The van der Waals surface area contributed by atoms with Gasteiger partial charge in [0.15, 0.2) is 5.16 Å². The first-order valence-corrected chi connectivity index (χ1v) is 12.5. The summed E-state index contributed by atoms with van der Waals surface area (Å²) in [5.74, 6) is 1.92. The van der Waals surface area contributed by atoms with Crippen molar-refractivity contribution in [1.29, 1.82) is 5.26 Å². The van der Waals surface area contributed by atoms with E-state index in [2.05, 4.69) is 16.3 Å². The summed E-state index contributed by atoms with van der Waals surface area (Å²) in [5, 5.41) is 29.5. The number of nitrogens with zero attached hydrogens (tertiary/aromatic N) is 5. The molecule has 3 aromatic carbocycles. The van der Waals surface area contributed by atoms with E-state index in [4.69, 9.17) is 9.47 Å². The molecule has 37 heavy (non-hydrogen) atoms. The van der Waals surface area contributed by atoms with Crippen LogP contribution in [0.5, 0.6) is 11.5 Å². The topological polar surface area (TPSA) is 116 Å². The SMILES string of the molecule is CCOc1ccc(-n2c(C)nnc2S[C@@H](C[N+](=O)[O-])c2ccccc2OCc2ccccc2C#N)cc1. The number of para-hydroxylation sites is 1. The van der Waals surface area contributed by atoms with E-state index in [1.807, 2.05) is 73.0 Å². The van der Waals surface area contributed by atoms with Crippen LogP contribution in [0.4, 0.5) is 0 Å². The Kier molecular flexibility index (Phi) is 8.38. The van der Waals surface area contributed by atoms with Gasteiger partial charge in [0.05, 0.1) is 18.2 Å². The number of nitro groups is 1. The highest BCUT2D eigenvalue weighted by Gasteiger charge is 2.26. The Labute approximate surface area is 218 Å². The first-order chi connectivity index (χ1) is 18.0. The molecular weight excluding hydrogens is 490 g/mol. The van der Waals surface area contributed by atoms with Crippen molar-refractivity contribution in [3.63, 3.8) is 0 Å². The molecule has 0 radical (unpaired) electrons. The van der Waals surface area contributed by atoms with Crippen molar-refractivity contribution in [2.45, 2.75) is 30.9 Å². The Morgan fingerprint density at radius 3 is 2.51 bits per heavy atom. The van der Waals surface area contributed by atoms with E-state index in [-0.39, 0.29) is 18.1 Å². The molecule has 4 rings (SSSR count). The molecule has 10 heteroatoms. The molecule has 0 aliphatic heterocycles. The summed E-state index contributed by atoms with van der Waals surface area (Å²) in [7, 11) is 0. The van der Waals surface area contributed by atoms with Crippen LogP contribution in [-0.2, 0) is 6.61 Å². The van der Waals surface area contributed by atoms with Crippen molar-refractivity contribution in [3.05, 3.63) is 105 Å². The zero-order valence-electron chi connectivity index (χ0n) is 20.4. The molecule has 0 fully saturated rings. The molecule has 9 nitrogen and oxygen atoms in total. The first kappa shape index (κ1) is 25.7. The standard InChI is InChI=1S/C27H25N5O4S/c1-3-35-23-14-12-22(13-15-23)32-19(2)29-30-27(32)37-26(17-31(33)34)24-10-6-7-11-25(24)36-18-21-9-5-4-8-20(21)16-28/h4-15,26H,3,17-18H2,1-2H3/t26-/m0/s1. The molecule has 0 aliphatic carbocycles. The molecule has 0 saturated carbocycles. The zero-order chi connectivity index (χ0) is 26.2. The first-order valence-electron chi connectivity index (χ1n) is 11.6. The van der Waals surface area contributed by atoms with Gasteiger partial charge in [-0.2, -0.15) is 5.26 Å². The number of aromatic nitrogens is 3. The normalized spacial score (nSPS) is 11.5. The molecule has 1 aromatic heterocycles. The predicted octanol–water partition coefficient (Wildman–Crippen LogP) is 5.54. The maximum atomic E-state index is 11.7. The van der Waals surface area contributed by atoms with Gasteiger partial charge < -0.3 is 9.47 Å². The van der Waals surface area contributed by atoms with Crippen LogP contribution in [0.15, 0.2) is 78.0 Å². The second kappa shape index (κ2) is 12.1. The van der Waals surface area contributed by atoms with Crippen molar-refractivity contribution in [1.82, 2.24) is 14.8 Å². The number of ether oxygens (including phenoxy) is 2. The molecule has 0 amide bonds. The van der Waals surface area contributed by atoms with Gasteiger partial charge in [-0.05, 0) is 50.2 Å². The fourth-order valence-corrected chi connectivity index (χ4v) is 5.03. The lowest BCUT2D eigenvalue weighted by atomic mass is 10.1. The fraction of sp³-hybridized carbons (Fsp3) is 0.222. The van der Waals surface area contributed by atoms with Gasteiger partial charge in [0.2, 0.25) is 6.54 Å². The lowest BCUT2D eigenvalue weighted by Crippen LogP contribution is -2.12. The molecule has 0 saturated heterocycles. The van der Waals surface area contributed by atoms with Gasteiger partial charge in [-0.15, -0.1) is 10.2 Å². The zero-order valence-corrected chi connectivity index (χ0v) is 21.2. The molecule has 4 aromatic rings. The molecule has 0 N–H and O–H groups in total. The van der Waals surface area contributed by atoms with Crippen LogP contribution in [0.25, 0.3) is 5.69 Å². The second-order valence-electron chi connectivity index (χ2n) is 8.01. The molecular formula is C27H25N5O4S. The average Bonchev–Trinajstić information content (AvgIpc) is 3.27. The van der Waals surface area contributed by atoms with E-state index in [0.29, 0.717) is 34.5 Å². The highest BCUT2D eigenvalue weighted by molar-refractivity contribution is 7.99. The summed E-state index contributed by atoms with van der Waals surface area (Å²) in [6.45, 7) is 4.15. The van der Waals surface area contributed by atoms with E-state index < -0.39 is 5.25 Å². The monoisotopic (exact) mass is 515 g/mol. The predicted molar refractivity (Wildman–Crippen MR) is 140 cm³/mol. The second-order valence-corrected chi connectivity index (χ2v) is 9.18. The largest absolute Gasteiger partial charge is 0.494 e. The van der Waals surface area contributed by atoms with E-state index in [0.717, 1.165) is 17.0 Å². The number of rotatable bonds is 11. The Morgan fingerprint density at radius 2 is 1.78 bits per heavy atom. The molecule has 188 valence electrons. The van der Waals surface area contributed by atoms with Gasteiger partial charge >= 0.3 is 0 Å². The van der Waals surface area contributed by atoms with E-state index in [1.54, 1.807) is 18.2 Å². The van der Waals surface area contributed by atoms with Gasteiger partial charge in [-0.3, -0.25) is 14.7 Å². The number of nitriles is 1. The Bertz CT molecular complexity index is 1420. The minimum atomic E-state index is -0.595. The van der Waals surface area contributed by atoms with Crippen LogP contribution < -0.4 is 9.47 Å². The van der Waals surface area contributed by atoms with Gasteiger partial charge in [-0.25, -0.2) is 0 Å². The fourth-order valence-electron chi connectivity index (χ4n) is 3.83. The number of hydrogen-bond donors (Lipinski definition) is 0. The Balaban J connectivity index is 1.63. The van der Waals surface area contributed by atoms with Crippen molar-refractivity contribution in [2.75, 3.05) is 13.2 Å². The van der Waals surface area contributed by atoms with Crippen molar-refractivity contribution < 1.29 is 14.4 Å². The minimum Gasteiger partial charge on any atom is -0.494 e. The Morgan fingerprint density at radius 1 is 1.05 bits per heavy atom. The van der Waals surface area contributed by atoms with Gasteiger partial charge in [-0.1, -0.05) is 48.2 Å². The van der Waals surface area contributed by atoms with E-state index >= 15 is 0 Å². The maximum Gasteiger partial charge on any atom is 0.220 e. The van der Waals surface area contributed by atoms with Crippen LogP contribution in [0.3, 0.4) is 0 Å². The van der Waals surface area contributed by atoms with Gasteiger partial charge in [0.25, 0.3) is 0 Å². The molecule has 0 unspecified atom stereocenters. The van der Waals surface area contributed by atoms with Crippen LogP contribution in [0, 0.1) is 28.4 Å². The van der Waals surface area contributed by atoms with E-state index in [1.165, 1.54) is 11.8 Å².